The maximum atomic E-state index is 12.1. The van der Waals surface area contributed by atoms with Crippen LogP contribution in [0, 0.1) is 0 Å². The second-order valence-corrected chi connectivity index (χ2v) is 5.90. The number of benzene rings is 1. The van der Waals surface area contributed by atoms with Gasteiger partial charge in [-0.15, -0.1) is 0 Å². The van der Waals surface area contributed by atoms with E-state index in [-0.39, 0.29) is 5.91 Å². The lowest BCUT2D eigenvalue weighted by molar-refractivity contribution is -0.116. The van der Waals surface area contributed by atoms with Crippen LogP contribution in [0.15, 0.2) is 36.5 Å². The number of amides is 1. The lowest BCUT2D eigenvalue weighted by atomic mass is 10.1. The summed E-state index contributed by atoms with van der Waals surface area (Å²) in [7, 11) is 3.17. The van der Waals surface area contributed by atoms with Crippen molar-refractivity contribution in [3.05, 3.63) is 42.1 Å². The molecule has 2 rings (SSSR count). The Morgan fingerprint density at radius 2 is 1.96 bits per heavy atom. The lowest BCUT2D eigenvalue weighted by Gasteiger charge is -2.10. The van der Waals surface area contributed by atoms with Gasteiger partial charge in [-0.3, -0.25) is 4.79 Å². The third-order valence-electron chi connectivity index (χ3n) is 3.71. The molecule has 0 fully saturated rings. The van der Waals surface area contributed by atoms with Crippen LogP contribution in [0.4, 0.5) is 11.5 Å². The molecule has 0 saturated carbocycles. The van der Waals surface area contributed by atoms with Gasteiger partial charge in [0.25, 0.3) is 0 Å². The molecule has 3 N–H and O–H groups in total. The molecule has 2 aromatic rings. The molecule has 0 radical (unpaired) electrons. The van der Waals surface area contributed by atoms with Crippen LogP contribution in [0.25, 0.3) is 0 Å². The van der Waals surface area contributed by atoms with E-state index in [4.69, 9.17) is 9.47 Å². The largest absolute Gasteiger partial charge is 0.493 e. The third-order valence-corrected chi connectivity index (χ3v) is 3.71. The van der Waals surface area contributed by atoms with E-state index in [9.17, 15) is 9.90 Å². The molecule has 26 heavy (non-hydrogen) atoms. The van der Waals surface area contributed by atoms with Gasteiger partial charge in [0.2, 0.25) is 5.91 Å². The number of nitrogens with zero attached hydrogens (tertiary/aromatic N) is 1. The second kappa shape index (κ2) is 9.62. The summed E-state index contributed by atoms with van der Waals surface area (Å²) < 4.78 is 10.5. The molecule has 0 spiro atoms. The Kier molecular flexibility index (Phi) is 7.23. The minimum atomic E-state index is -0.451. The van der Waals surface area contributed by atoms with Crippen molar-refractivity contribution in [2.24, 2.45) is 0 Å². The minimum Gasteiger partial charge on any atom is -0.493 e. The molecule has 1 heterocycles. The van der Waals surface area contributed by atoms with Gasteiger partial charge >= 0.3 is 0 Å². The van der Waals surface area contributed by atoms with Crippen LogP contribution < -0.4 is 20.1 Å². The van der Waals surface area contributed by atoms with Crippen LogP contribution in [0.5, 0.6) is 11.5 Å². The average molecular weight is 359 g/mol. The predicted molar refractivity (Wildman–Crippen MR) is 101 cm³/mol. The zero-order valence-corrected chi connectivity index (χ0v) is 15.3. The molecule has 1 aromatic heterocycles. The van der Waals surface area contributed by atoms with Crippen molar-refractivity contribution in [1.29, 1.82) is 0 Å². The van der Waals surface area contributed by atoms with E-state index in [1.165, 1.54) is 0 Å². The van der Waals surface area contributed by atoms with E-state index >= 15 is 0 Å². The summed E-state index contributed by atoms with van der Waals surface area (Å²) in [6.45, 7) is 2.12. The number of anilines is 2. The Labute approximate surface area is 153 Å². The molecule has 140 valence electrons. The average Bonchev–Trinajstić information content (AvgIpc) is 2.65. The van der Waals surface area contributed by atoms with E-state index in [0.717, 1.165) is 5.56 Å². The van der Waals surface area contributed by atoms with Gasteiger partial charge in [0.1, 0.15) is 5.82 Å². The summed E-state index contributed by atoms with van der Waals surface area (Å²) in [6, 6.07) is 9.14. The second-order valence-electron chi connectivity index (χ2n) is 5.90. The van der Waals surface area contributed by atoms with Crippen molar-refractivity contribution < 1.29 is 19.4 Å². The molecular formula is C19H25N3O4. The highest BCUT2D eigenvalue weighted by Gasteiger charge is 2.08. The van der Waals surface area contributed by atoms with Gasteiger partial charge in [0.05, 0.1) is 32.2 Å². The Morgan fingerprint density at radius 3 is 2.58 bits per heavy atom. The Morgan fingerprint density at radius 1 is 1.19 bits per heavy atom. The summed E-state index contributed by atoms with van der Waals surface area (Å²) in [5.41, 5.74) is 1.62. The van der Waals surface area contributed by atoms with Crippen LogP contribution in [-0.2, 0) is 11.2 Å². The van der Waals surface area contributed by atoms with Gasteiger partial charge in [-0.1, -0.05) is 6.07 Å². The van der Waals surface area contributed by atoms with Crippen molar-refractivity contribution in [2.45, 2.75) is 25.9 Å². The number of ether oxygens (including phenoxy) is 2. The number of hydrogen-bond donors (Lipinski definition) is 3. The summed E-state index contributed by atoms with van der Waals surface area (Å²) in [4.78, 5) is 16.3. The molecule has 7 nitrogen and oxygen atoms in total. The molecule has 0 bridgehead atoms. The number of aliphatic hydroxyl groups excluding tert-OH is 1. The zero-order chi connectivity index (χ0) is 18.9. The van der Waals surface area contributed by atoms with E-state index in [1.54, 1.807) is 39.5 Å². The highest BCUT2D eigenvalue weighted by molar-refractivity contribution is 5.90. The molecule has 1 amide bonds. The smallest absolute Gasteiger partial charge is 0.224 e. The van der Waals surface area contributed by atoms with E-state index in [2.05, 4.69) is 15.6 Å². The maximum Gasteiger partial charge on any atom is 0.224 e. The molecule has 7 heteroatoms. The maximum absolute atomic E-state index is 12.1. The first-order valence-electron chi connectivity index (χ1n) is 8.40. The molecule has 0 aliphatic heterocycles. The number of aryl methyl sites for hydroxylation is 1. The Hall–Kier alpha value is -2.80. The zero-order valence-electron chi connectivity index (χ0n) is 15.3. The fourth-order valence-corrected chi connectivity index (χ4v) is 2.34. The third kappa shape index (κ3) is 5.93. The fraction of sp³-hybridized carbons (Fsp3) is 0.368. The number of methoxy groups -OCH3 is 2. The van der Waals surface area contributed by atoms with E-state index in [0.29, 0.717) is 42.4 Å². The first-order chi connectivity index (χ1) is 12.5. The molecule has 0 aliphatic carbocycles. The van der Waals surface area contributed by atoms with Gasteiger partial charge in [0, 0.05) is 13.0 Å². The van der Waals surface area contributed by atoms with Crippen molar-refractivity contribution in [3.63, 3.8) is 0 Å². The number of hydrogen-bond acceptors (Lipinski definition) is 6. The van der Waals surface area contributed by atoms with Gasteiger partial charge in [-0.2, -0.15) is 0 Å². The Balaban J connectivity index is 1.85. The molecule has 1 atom stereocenters. The number of rotatable bonds is 9. The number of nitrogens with one attached hydrogen (secondary N) is 2. The quantitative estimate of drug-likeness (QED) is 0.637. The molecule has 0 saturated heterocycles. The molecule has 1 aromatic carbocycles. The summed E-state index contributed by atoms with van der Waals surface area (Å²) in [5, 5.41) is 15.1. The predicted octanol–water partition coefficient (Wildman–Crippen LogP) is 2.46. The number of aromatic nitrogens is 1. The first-order valence-corrected chi connectivity index (χ1v) is 8.40. The van der Waals surface area contributed by atoms with Gasteiger partial charge in [-0.05, 0) is 43.2 Å². The highest BCUT2D eigenvalue weighted by atomic mass is 16.5. The topological polar surface area (TPSA) is 92.7 Å². The van der Waals surface area contributed by atoms with Crippen molar-refractivity contribution in [3.8, 4) is 11.5 Å². The lowest BCUT2D eigenvalue weighted by Crippen LogP contribution is -2.16. The van der Waals surface area contributed by atoms with Crippen molar-refractivity contribution in [1.82, 2.24) is 4.98 Å². The van der Waals surface area contributed by atoms with E-state index < -0.39 is 6.10 Å². The Bertz CT molecular complexity index is 717. The van der Waals surface area contributed by atoms with Gasteiger partial charge in [-0.25, -0.2) is 4.98 Å². The molecule has 1 unspecified atom stereocenters. The van der Waals surface area contributed by atoms with Crippen molar-refractivity contribution >= 4 is 17.4 Å². The molecular weight excluding hydrogens is 334 g/mol. The van der Waals surface area contributed by atoms with Crippen LogP contribution in [0.2, 0.25) is 0 Å². The summed E-state index contributed by atoms with van der Waals surface area (Å²) >= 11 is 0. The fourth-order valence-electron chi connectivity index (χ4n) is 2.34. The van der Waals surface area contributed by atoms with Crippen molar-refractivity contribution in [2.75, 3.05) is 31.4 Å². The van der Waals surface area contributed by atoms with Gasteiger partial charge < -0.3 is 25.2 Å². The van der Waals surface area contributed by atoms with Crippen LogP contribution >= 0.6 is 0 Å². The van der Waals surface area contributed by atoms with Gasteiger partial charge in [0.15, 0.2) is 11.5 Å². The van der Waals surface area contributed by atoms with Crippen LogP contribution in [0.1, 0.15) is 18.9 Å². The summed E-state index contributed by atoms with van der Waals surface area (Å²) in [6.07, 6.45) is 2.07. The number of carbonyl (C=O) groups excluding carboxylic acids is 1. The summed E-state index contributed by atoms with van der Waals surface area (Å²) in [5.74, 6) is 1.87. The monoisotopic (exact) mass is 359 g/mol. The van der Waals surface area contributed by atoms with Crippen LogP contribution in [0.3, 0.4) is 0 Å². The minimum absolute atomic E-state index is 0.0914. The highest BCUT2D eigenvalue weighted by Crippen LogP contribution is 2.28. The van der Waals surface area contributed by atoms with Crippen LogP contribution in [-0.4, -0.2) is 42.9 Å². The van der Waals surface area contributed by atoms with E-state index in [1.807, 2.05) is 18.2 Å². The first kappa shape index (κ1) is 19.5. The SMILES string of the molecule is COc1ccc(CCC(=O)Nc2ccc(NCC(C)O)nc2)cc1OC. The molecule has 0 aliphatic rings. The normalized spacial score (nSPS) is 11.5. The number of pyridine rings is 1. The standard InChI is InChI=1S/C19H25N3O4/c1-13(23)11-20-18-8-6-15(12-21-18)22-19(24)9-5-14-4-7-16(25-2)17(10-14)26-3/h4,6-8,10,12-13,23H,5,9,11H2,1-3H3,(H,20,21)(H,22,24). The number of aliphatic hydroxyl groups is 1. The number of carbonyl (C=O) groups is 1.